The molecule has 190 valence electrons. The minimum Gasteiger partial charge on any atom is -0.493 e. The Morgan fingerprint density at radius 2 is 1.77 bits per heavy atom. The monoisotopic (exact) mass is 480 g/mol. The van der Waals surface area contributed by atoms with E-state index in [4.69, 9.17) is 9.47 Å². The molecule has 2 aromatic rings. The number of ether oxygens (including phenoxy) is 2. The molecule has 1 heterocycles. The molecule has 1 N–H and O–H groups in total. The lowest BCUT2D eigenvalue weighted by molar-refractivity contribution is -0.121. The number of piperidine rings is 1. The first-order valence-corrected chi connectivity index (χ1v) is 13.1. The van der Waals surface area contributed by atoms with Crippen LogP contribution in [0.3, 0.4) is 0 Å². The number of para-hydroxylation sites is 1. The number of unbranched alkanes of at least 4 members (excludes halogenated alkanes) is 1. The molecule has 0 aliphatic carbocycles. The number of anilines is 1. The van der Waals surface area contributed by atoms with E-state index < -0.39 is 5.97 Å². The van der Waals surface area contributed by atoms with E-state index >= 15 is 0 Å². The van der Waals surface area contributed by atoms with Gasteiger partial charge in [0.2, 0.25) is 5.91 Å². The molecule has 35 heavy (non-hydrogen) atoms. The van der Waals surface area contributed by atoms with E-state index in [1.165, 1.54) is 30.5 Å². The molecule has 1 aliphatic heterocycles. The molecular formula is C29H40N2O4. The van der Waals surface area contributed by atoms with E-state index in [9.17, 15) is 9.59 Å². The van der Waals surface area contributed by atoms with Crippen LogP contribution in [0.1, 0.15) is 86.8 Å². The lowest BCUT2D eigenvalue weighted by Gasteiger charge is -2.33. The van der Waals surface area contributed by atoms with Crippen molar-refractivity contribution in [1.29, 1.82) is 0 Å². The number of carbonyl (C=O) groups is 2. The SMILES string of the molecule is CCCCC(NC(=O)Cc1ccc(C(=O)OCC)c(OCC)c1)c1ccccc1N1CCCCC1. The summed E-state index contributed by atoms with van der Waals surface area (Å²) in [5, 5.41) is 3.31. The summed E-state index contributed by atoms with van der Waals surface area (Å²) in [4.78, 5) is 27.9. The minimum absolute atomic E-state index is 0.0362. The largest absolute Gasteiger partial charge is 0.493 e. The fourth-order valence-electron chi connectivity index (χ4n) is 4.68. The highest BCUT2D eigenvalue weighted by atomic mass is 16.5. The third-order valence-corrected chi connectivity index (χ3v) is 6.40. The summed E-state index contributed by atoms with van der Waals surface area (Å²) in [6.07, 6.45) is 6.95. The number of benzene rings is 2. The molecule has 1 fully saturated rings. The van der Waals surface area contributed by atoms with Crippen LogP contribution in [-0.4, -0.2) is 38.2 Å². The van der Waals surface area contributed by atoms with E-state index in [1.54, 1.807) is 25.1 Å². The zero-order valence-corrected chi connectivity index (χ0v) is 21.5. The Labute approximate surface area is 210 Å². The second-order valence-corrected chi connectivity index (χ2v) is 9.03. The van der Waals surface area contributed by atoms with Crippen LogP contribution in [0, 0.1) is 0 Å². The van der Waals surface area contributed by atoms with E-state index in [2.05, 4.69) is 41.4 Å². The highest BCUT2D eigenvalue weighted by Crippen LogP contribution is 2.31. The van der Waals surface area contributed by atoms with E-state index in [-0.39, 0.29) is 18.4 Å². The van der Waals surface area contributed by atoms with Crippen LogP contribution < -0.4 is 15.0 Å². The Morgan fingerprint density at radius 1 is 1.00 bits per heavy atom. The summed E-state index contributed by atoms with van der Waals surface area (Å²) in [7, 11) is 0. The molecule has 0 saturated carbocycles. The van der Waals surface area contributed by atoms with Crippen molar-refractivity contribution in [2.24, 2.45) is 0 Å². The van der Waals surface area contributed by atoms with E-state index in [0.717, 1.165) is 37.9 Å². The minimum atomic E-state index is -0.416. The first-order valence-electron chi connectivity index (χ1n) is 13.1. The summed E-state index contributed by atoms with van der Waals surface area (Å²) in [5.41, 5.74) is 3.63. The Balaban J connectivity index is 1.77. The number of esters is 1. The number of rotatable bonds is 12. The van der Waals surface area contributed by atoms with Gasteiger partial charge in [-0.3, -0.25) is 4.79 Å². The van der Waals surface area contributed by atoms with Gasteiger partial charge in [-0.25, -0.2) is 4.79 Å². The molecule has 1 aliphatic rings. The number of nitrogens with one attached hydrogen (secondary N) is 1. The molecule has 1 atom stereocenters. The summed E-state index contributed by atoms with van der Waals surface area (Å²) in [6, 6.07) is 13.7. The van der Waals surface area contributed by atoms with Crippen molar-refractivity contribution >= 4 is 17.6 Å². The Kier molecular flexibility index (Phi) is 10.5. The van der Waals surface area contributed by atoms with Gasteiger partial charge in [-0.15, -0.1) is 0 Å². The van der Waals surface area contributed by atoms with Crippen molar-refractivity contribution < 1.29 is 19.1 Å². The molecule has 0 spiro atoms. The van der Waals surface area contributed by atoms with Gasteiger partial charge in [0.1, 0.15) is 11.3 Å². The highest BCUT2D eigenvalue weighted by molar-refractivity contribution is 5.93. The molecule has 2 aromatic carbocycles. The Bertz CT molecular complexity index is 969. The normalized spacial score (nSPS) is 14.3. The summed E-state index contributed by atoms with van der Waals surface area (Å²) >= 11 is 0. The maximum Gasteiger partial charge on any atom is 0.341 e. The van der Waals surface area contributed by atoms with Gasteiger partial charge in [-0.2, -0.15) is 0 Å². The highest BCUT2D eigenvalue weighted by Gasteiger charge is 2.22. The van der Waals surface area contributed by atoms with Gasteiger partial charge in [0.15, 0.2) is 0 Å². The summed E-state index contributed by atoms with van der Waals surface area (Å²) in [6.45, 7) is 8.68. The Hall–Kier alpha value is -3.02. The second-order valence-electron chi connectivity index (χ2n) is 9.03. The third-order valence-electron chi connectivity index (χ3n) is 6.40. The van der Waals surface area contributed by atoms with E-state index in [1.807, 2.05) is 6.92 Å². The number of hydrogen-bond donors (Lipinski definition) is 1. The summed E-state index contributed by atoms with van der Waals surface area (Å²) in [5.74, 6) is 0.000937. The first kappa shape index (κ1) is 26.6. The van der Waals surface area contributed by atoms with Crippen LogP contribution in [0.15, 0.2) is 42.5 Å². The summed E-state index contributed by atoms with van der Waals surface area (Å²) < 4.78 is 10.8. The van der Waals surface area contributed by atoms with Gasteiger partial charge < -0.3 is 19.7 Å². The molecule has 0 radical (unpaired) electrons. The maximum absolute atomic E-state index is 13.2. The van der Waals surface area contributed by atoms with Gasteiger partial charge >= 0.3 is 5.97 Å². The Morgan fingerprint density at radius 3 is 2.49 bits per heavy atom. The fraction of sp³-hybridized carbons (Fsp3) is 0.517. The van der Waals surface area contributed by atoms with E-state index in [0.29, 0.717) is 24.5 Å². The van der Waals surface area contributed by atoms with Crippen LogP contribution in [0.2, 0.25) is 0 Å². The number of hydrogen-bond acceptors (Lipinski definition) is 5. The molecule has 1 unspecified atom stereocenters. The fourth-order valence-corrected chi connectivity index (χ4v) is 4.68. The molecule has 0 aromatic heterocycles. The molecule has 0 bridgehead atoms. The van der Waals surface area contributed by atoms with Gasteiger partial charge in [0, 0.05) is 18.8 Å². The van der Waals surface area contributed by atoms with Crippen LogP contribution >= 0.6 is 0 Å². The van der Waals surface area contributed by atoms with Crippen LogP contribution in [0.25, 0.3) is 0 Å². The lowest BCUT2D eigenvalue weighted by Crippen LogP contribution is -2.34. The molecule has 1 amide bonds. The molecular weight excluding hydrogens is 440 g/mol. The van der Waals surface area contributed by atoms with Crippen molar-refractivity contribution in [2.45, 2.75) is 71.8 Å². The molecule has 1 saturated heterocycles. The maximum atomic E-state index is 13.2. The molecule has 6 nitrogen and oxygen atoms in total. The van der Waals surface area contributed by atoms with Crippen LogP contribution in [0.4, 0.5) is 5.69 Å². The van der Waals surface area contributed by atoms with Gasteiger partial charge in [-0.05, 0) is 68.9 Å². The second kappa shape index (κ2) is 13.8. The zero-order chi connectivity index (χ0) is 25.0. The van der Waals surface area contributed by atoms with Gasteiger partial charge in [0.25, 0.3) is 0 Å². The van der Waals surface area contributed by atoms with Crippen molar-refractivity contribution in [1.82, 2.24) is 5.32 Å². The molecule has 3 rings (SSSR count). The lowest BCUT2D eigenvalue weighted by atomic mass is 9.97. The topological polar surface area (TPSA) is 67.9 Å². The quantitative estimate of drug-likeness (QED) is 0.387. The molecule has 6 heteroatoms. The number of amides is 1. The van der Waals surface area contributed by atoms with Crippen molar-refractivity contribution in [3.63, 3.8) is 0 Å². The average molecular weight is 481 g/mol. The predicted molar refractivity (Wildman–Crippen MR) is 140 cm³/mol. The average Bonchev–Trinajstić information content (AvgIpc) is 2.87. The van der Waals surface area contributed by atoms with Crippen LogP contribution in [-0.2, 0) is 16.0 Å². The third kappa shape index (κ3) is 7.48. The van der Waals surface area contributed by atoms with Crippen molar-refractivity contribution in [3.8, 4) is 5.75 Å². The number of carbonyl (C=O) groups excluding carboxylic acids is 2. The van der Waals surface area contributed by atoms with Crippen LogP contribution in [0.5, 0.6) is 5.75 Å². The zero-order valence-electron chi connectivity index (χ0n) is 21.5. The standard InChI is InChI=1S/C29H40N2O4/c1-4-7-14-25(23-13-9-10-15-26(23)31-18-11-8-12-19-31)30-28(32)21-22-16-17-24(29(33)35-6-3)27(20-22)34-5-2/h9-10,13,15-17,20,25H,4-8,11-12,14,18-19,21H2,1-3H3,(H,30,32). The van der Waals surface area contributed by atoms with Crippen molar-refractivity contribution in [3.05, 3.63) is 59.2 Å². The number of nitrogens with zero attached hydrogens (tertiary/aromatic N) is 1. The van der Waals surface area contributed by atoms with Gasteiger partial charge in [0.05, 0.1) is 25.7 Å². The smallest absolute Gasteiger partial charge is 0.341 e. The first-order chi connectivity index (χ1) is 17.1. The van der Waals surface area contributed by atoms with Gasteiger partial charge in [-0.1, -0.05) is 44.0 Å². The van der Waals surface area contributed by atoms with Crippen molar-refractivity contribution in [2.75, 3.05) is 31.2 Å². The predicted octanol–water partition coefficient (Wildman–Crippen LogP) is 5.84.